The van der Waals surface area contributed by atoms with Gasteiger partial charge in [-0.2, -0.15) is 0 Å². The number of carbonyl (C=O) groups excluding carboxylic acids is 2. The molecule has 3 N–H and O–H groups in total. The van der Waals surface area contributed by atoms with Crippen molar-refractivity contribution in [1.29, 1.82) is 0 Å². The lowest BCUT2D eigenvalue weighted by Crippen LogP contribution is -2.44. The molecule has 0 radical (unpaired) electrons. The average Bonchev–Trinajstić information content (AvgIpc) is 2.45. The second-order valence-electron chi connectivity index (χ2n) is 8.66. The molecule has 8 heteroatoms. The predicted molar refractivity (Wildman–Crippen MR) is 107 cm³/mol. The minimum Gasteiger partial charge on any atom is -0.459 e. The molecule has 0 aliphatic rings. The first kappa shape index (κ1) is 25.8. The van der Waals surface area contributed by atoms with E-state index in [0.29, 0.717) is 26.2 Å². The number of esters is 2. The fraction of sp³-hybridized carbons (Fsp3) is 0.895. The average molecular weight is 389 g/mol. The van der Waals surface area contributed by atoms with Crippen molar-refractivity contribution in [3.05, 3.63) is 0 Å². The minimum atomic E-state index is -0.514. The molecule has 0 heterocycles. The first-order valence-corrected chi connectivity index (χ1v) is 9.69. The second kappa shape index (κ2) is 12.3. The standard InChI is InChI=1S/C19H40N4O4/c1-8-10-23(20)13-12-22(15-17(25)27-19(5,6)7)11-9-21-14-16(24)26-18(2,3)4/h21H,8-15,20H2,1-7H3. The number of hydrazine groups is 1. The molecule has 0 saturated heterocycles. The van der Waals surface area contributed by atoms with Gasteiger partial charge < -0.3 is 14.8 Å². The maximum atomic E-state index is 12.1. The molecular formula is C19H40N4O4. The number of nitrogens with two attached hydrogens (primary N) is 1. The smallest absolute Gasteiger partial charge is 0.320 e. The van der Waals surface area contributed by atoms with Crippen LogP contribution in [0.5, 0.6) is 0 Å². The van der Waals surface area contributed by atoms with Gasteiger partial charge in [-0.15, -0.1) is 0 Å². The van der Waals surface area contributed by atoms with Crippen LogP contribution >= 0.6 is 0 Å². The van der Waals surface area contributed by atoms with Crippen LogP contribution in [-0.4, -0.2) is 78.9 Å². The Morgan fingerprint density at radius 3 is 1.96 bits per heavy atom. The zero-order chi connectivity index (χ0) is 21.1. The number of carbonyl (C=O) groups is 2. The van der Waals surface area contributed by atoms with Crippen LogP contribution in [-0.2, 0) is 19.1 Å². The van der Waals surface area contributed by atoms with Gasteiger partial charge in [0.05, 0.1) is 13.1 Å². The van der Waals surface area contributed by atoms with E-state index in [1.54, 1.807) is 5.01 Å². The van der Waals surface area contributed by atoms with Crippen molar-refractivity contribution in [1.82, 2.24) is 15.2 Å². The van der Waals surface area contributed by atoms with Gasteiger partial charge in [0.1, 0.15) is 11.2 Å². The Hall–Kier alpha value is -1.22. The lowest BCUT2D eigenvalue weighted by atomic mass is 10.2. The Morgan fingerprint density at radius 1 is 0.889 bits per heavy atom. The van der Waals surface area contributed by atoms with Crippen LogP contribution in [0.3, 0.4) is 0 Å². The van der Waals surface area contributed by atoms with Crippen LogP contribution < -0.4 is 11.2 Å². The highest BCUT2D eigenvalue weighted by Crippen LogP contribution is 2.08. The zero-order valence-electron chi connectivity index (χ0n) is 18.3. The highest BCUT2D eigenvalue weighted by Gasteiger charge is 2.20. The number of nitrogens with zero attached hydrogens (tertiary/aromatic N) is 2. The van der Waals surface area contributed by atoms with Crippen molar-refractivity contribution >= 4 is 11.9 Å². The molecule has 0 atom stereocenters. The van der Waals surface area contributed by atoms with E-state index in [4.69, 9.17) is 15.3 Å². The van der Waals surface area contributed by atoms with Gasteiger partial charge in [0.25, 0.3) is 0 Å². The highest BCUT2D eigenvalue weighted by molar-refractivity contribution is 5.72. The normalized spacial score (nSPS) is 12.5. The number of nitrogens with one attached hydrogen (secondary N) is 1. The lowest BCUT2D eigenvalue weighted by molar-refractivity contribution is -0.156. The summed E-state index contributed by atoms with van der Waals surface area (Å²) in [5.41, 5.74) is -1.01. The van der Waals surface area contributed by atoms with Gasteiger partial charge in [-0.25, -0.2) is 5.01 Å². The molecule has 8 nitrogen and oxygen atoms in total. The van der Waals surface area contributed by atoms with Crippen LogP contribution in [0.2, 0.25) is 0 Å². The van der Waals surface area contributed by atoms with Crippen LogP contribution in [0, 0.1) is 0 Å². The van der Waals surface area contributed by atoms with E-state index in [9.17, 15) is 9.59 Å². The number of hydrogen-bond donors (Lipinski definition) is 2. The van der Waals surface area contributed by atoms with Gasteiger partial charge in [-0.05, 0) is 48.0 Å². The molecule has 0 rings (SSSR count). The first-order chi connectivity index (χ1) is 12.3. The van der Waals surface area contributed by atoms with Gasteiger partial charge >= 0.3 is 11.9 Å². The predicted octanol–water partition coefficient (Wildman–Crippen LogP) is 1.15. The topological polar surface area (TPSA) is 97.1 Å². The van der Waals surface area contributed by atoms with E-state index >= 15 is 0 Å². The SMILES string of the molecule is CCCN(N)CCN(CCNCC(=O)OC(C)(C)C)CC(=O)OC(C)(C)C. The van der Waals surface area contributed by atoms with E-state index in [0.717, 1.165) is 13.0 Å². The molecule has 0 aromatic carbocycles. The van der Waals surface area contributed by atoms with Crippen LogP contribution in [0.1, 0.15) is 54.9 Å². The van der Waals surface area contributed by atoms with Gasteiger partial charge in [0, 0.05) is 32.7 Å². The van der Waals surface area contributed by atoms with Crippen molar-refractivity contribution in [3.8, 4) is 0 Å². The number of rotatable bonds is 12. The summed E-state index contributed by atoms with van der Waals surface area (Å²) in [5.74, 6) is 5.37. The highest BCUT2D eigenvalue weighted by atomic mass is 16.6. The summed E-state index contributed by atoms with van der Waals surface area (Å²) in [6, 6.07) is 0. The first-order valence-electron chi connectivity index (χ1n) is 9.69. The van der Waals surface area contributed by atoms with Gasteiger partial charge in [-0.3, -0.25) is 20.3 Å². The summed E-state index contributed by atoms with van der Waals surface area (Å²) in [7, 11) is 0. The summed E-state index contributed by atoms with van der Waals surface area (Å²) >= 11 is 0. The van der Waals surface area contributed by atoms with E-state index in [1.807, 2.05) is 46.4 Å². The molecule has 0 aliphatic carbocycles. The van der Waals surface area contributed by atoms with E-state index in [-0.39, 0.29) is 25.0 Å². The summed E-state index contributed by atoms with van der Waals surface area (Å²) < 4.78 is 10.7. The molecule has 160 valence electrons. The van der Waals surface area contributed by atoms with E-state index < -0.39 is 11.2 Å². The van der Waals surface area contributed by atoms with Crippen molar-refractivity contribution in [2.24, 2.45) is 5.84 Å². The number of hydrogen-bond acceptors (Lipinski definition) is 8. The molecule has 0 bridgehead atoms. The molecule has 0 saturated carbocycles. The van der Waals surface area contributed by atoms with Crippen molar-refractivity contribution < 1.29 is 19.1 Å². The molecule has 0 unspecified atom stereocenters. The summed E-state index contributed by atoms with van der Waals surface area (Å²) in [6.45, 7) is 16.7. The summed E-state index contributed by atoms with van der Waals surface area (Å²) in [6.07, 6.45) is 0.972. The molecule has 0 aromatic rings. The lowest BCUT2D eigenvalue weighted by Gasteiger charge is -2.27. The maximum absolute atomic E-state index is 12.1. The Kier molecular flexibility index (Phi) is 11.7. The maximum Gasteiger partial charge on any atom is 0.320 e. The molecule has 0 aliphatic heterocycles. The third kappa shape index (κ3) is 16.7. The third-order valence-corrected chi connectivity index (χ3v) is 3.28. The molecular weight excluding hydrogens is 348 g/mol. The fourth-order valence-corrected chi connectivity index (χ4v) is 2.30. The Bertz CT molecular complexity index is 444. The largest absolute Gasteiger partial charge is 0.459 e. The Balaban J connectivity index is 4.43. The summed E-state index contributed by atoms with van der Waals surface area (Å²) in [5, 5.41) is 4.81. The van der Waals surface area contributed by atoms with Gasteiger partial charge in [0.15, 0.2) is 0 Å². The molecule has 27 heavy (non-hydrogen) atoms. The van der Waals surface area contributed by atoms with E-state index in [2.05, 4.69) is 12.2 Å². The van der Waals surface area contributed by atoms with Crippen molar-refractivity contribution in [3.63, 3.8) is 0 Å². The van der Waals surface area contributed by atoms with E-state index in [1.165, 1.54) is 0 Å². The van der Waals surface area contributed by atoms with Gasteiger partial charge in [-0.1, -0.05) is 6.92 Å². The molecule has 0 spiro atoms. The third-order valence-electron chi connectivity index (χ3n) is 3.28. The minimum absolute atomic E-state index is 0.135. The second-order valence-corrected chi connectivity index (χ2v) is 8.66. The van der Waals surface area contributed by atoms with Crippen LogP contribution in [0.25, 0.3) is 0 Å². The molecule has 0 fully saturated rings. The van der Waals surface area contributed by atoms with Crippen LogP contribution in [0.4, 0.5) is 0 Å². The van der Waals surface area contributed by atoms with Crippen molar-refractivity contribution in [2.45, 2.75) is 66.1 Å². The monoisotopic (exact) mass is 388 g/mol. The van der Waals surface area contributed by atoms with Crippen LogP contribution in [0.15, 0.2) is 0 Å². The molecule has 0 aromatic heterocycles. The Labute approximate surface area is 164 Å². The quantitative estimate of drug-likeness (QED) is 0.222. The zero-order valence-corrected chi connectivity index (χ0v) is 18.3. The summed E-state index contributed by atoms with van der Waals surface area (Å²) in [4.78, 5) is 25.8. The Morgan fingerprint density at radius 2 is 1.44 bits per heavy atom. The molecule has 0 amide bonds. The number of ether oxygens (including phenoxy) is 2. The van der Waals surface area contributed by atoms with Gasteiger partial charge in [0.2, 0.25) is 0 Å². The van der Waals surface area contributed by atoms with Crippen molar-refractivity contribution in [2.75, 3.05) is 45.8 Å². The fourth-order valence-electron chi connectivity index (χ4n) is 2.30.